The predicted octanol–water partition coefficient (Wildman–Crippen LogP) is 2.51. The highest BCUT2D eigenvalue weighted by Crippen LogP contribution is 2.30. The Morgan fingerprint density at radius 3 is 2.75 bits per heavy atom. The fourth-order valence-corrected chi connectivity index (χ4v) is 5.34. The van der Waals surface area contributed by atoms with E-state index in [4.69, 9.17) is 0 Å². The molecule has 0 aliphatic carbocycles. The monoisotopic (exact) mass is 314 g/mol. The van der Waals surface area contributed by atoms with Crippen LogP contribution in [0.25, 0.3) is 0 Å². The number of aryl methyl sites for hydroxylation is 1. The third-order valence-electron chi connectivity index (χ3n) is 3.28. The van der Waals surface area contributed by atoms with Gasteiger partial charge in [-0.2, -0.15) is 4.31 Å². The van der Waals surface area contributed by atoms with Crippen LogP contribution in [-0.4, -0.2) is 31.9 Å². The van der Waals surface area contributed by atoms with Gasteiger partial charge >= 0.3 is 0 Å². The van der Waals surface area contributed by atoms with Crippen LogP contribution >= 0.6 is 11.3 Å². The fraction of sp³-hybridized carbons (Fsp3) is 0.571. The van der Waals surface area contributed by atoms with Crippen molar-refractivity contribution in [2.75, 3.05) is 13.1 Å². The minimum atomic E-state index is -3.38. The van der Waals surface area contributed by atoms with Crippen LogP contribution in [0.5, 0.6) is 0 Å². The van der Waals surface area contributed by atoms with E-state index in [9.17, 15) is 8.42 Å². The van der Waals surface area contributed by atoms with Crippen molar-refractivity contribution in [3.8, 4) is 0 Å². The minimum absolute atomic E-state index is 0.339. The minimum Gasteiger partial charge on any atom is -0.310 e. The van der Waals surface area contributed by atoms with Crippen molar-refractivity contribution in [3.05, 3.63) is 28.0 Å². The SMILES string of the molecule is Cc1csc(CNC(C)C)c1S(=O)(=O)N1CC=CCC1. The molecule has 2 heterocycles. The molecule has 0 saturated heterocycles. The quantitative estimate of drug-likeness (QED) is 0.850. The van der Waals surface area contributed by atoms with Crippen LogP contribution in [0.1, 0.15) is 30.7 Å². The van der Waals surface area contributed by atoms with Crippen LogP contribution in [0, 0.1) is 6.92 Å². The molecule has 112 valence electrons. The standard InChI is InChI=1S/C14H22N2O2S2/c1-11(2)15-9-13-14(12(3)10-19-13)20(17,18)16-7-5-4-6-8-16/h4-5,10-11,15H,6-9H2,1-3H3. The van der Waals surface area contributed by atoms with Crippen molar-refractivity contribution in [2.45, 2.75) is 44.7 Å². The molecular formula is C14H22N2O2S2. The van der Waals surface area contributed by atoms with Crippen molar-refractivity contribution < 1.29 is 8.42 Å². The van der Waals surface area contributed by atoms with Gasteiger partial charge in [0.2, 0.25) is 10.0 Å². The molecular weight excluding hydrogens is 292 g/mol. The molecule has 0 atom stereocenters. The summed E-state index contributed by atoms with van der Waals surface area (Å²) in [7, 11) is -3.38. The Morgan fingerprint density at radius 2 is 2.15 bits per heavy atom. The van der Waals surface area contributed by atoms with Crippen LogP contribution in [0.15, 0.2) is 22.4 Å². The predicted molar refractivity (Wildman–Crippen MR) is 83.5 cm³/mol. The topological polar surface area (TPSA) is 49.4 Å². The van der Waals surface area contributed by atoms with E-state index in [1.165, 1.54) is 11.3 Å². The lowest BCUT2D eigenvalue weighted by Gasteiger charge is -2.23. The zero-order valence-corrected chi connectivity index (χ0v) is 13.9. The molecule has 0 radical (unpaired) electrons. The molecule has 6 heteroatoms. The fourth-order valence-electron chi connectivity index (χ4n) is 2.22. The maximum Gasteiger partial charge on any atom is 0.244 e. The van der Waals surface area contributed by atoms with Crippen molar-refractivity contribution in [3.63, 3.8) is 0 Å². The van der Waals surface area contributed by atoms with Crippen LogP contribution in [0.4, 0.5) is 0 Å². The van der Waals surface area contributed by atoms with Gasteiger partial charge in [0, 0.05) is 30.6 Å². The largest absolute Gasteiger partial charge is 0.310 e. The summed E-state index contributed by atoms with van der Waals surface area (Å²) in [5.74, 6) is 0. The molecule has 1 N–H and O–H groups in total. The summed E-state index contributed by atoms with van der Waals surface area (Å²) in [6.45, 7) is 7.66. The number of thiophene rings is 1. The number of sulfonamides is 1. The van der Waals surface area contributed by atoms with E-state index < -0.39 is 10.0 Å². The summed E-state index contributed by atoms with van der Waals surface area (Å²) in [4.78, 5) is 1.41. The second-order valence-corrected chi connectivity index (χ2v) is 8.17. The average molecular weight is 314 g/mol. The lowest BCUT2D eigenvalue weighted by atomic mass is 10.3. The maximum absolute atomic E-state index is 12.8. The average Bonchev–Trinajstić information content (AvgIpc) is 2.79. The zero-order valence-electron chi connectivity index (χ0n) is 12.2. The Labute approximate surface area is 125 Å². The molecule has 1 aliphatic heterocycles. The molecule has 0 bridgehead atoms. The summed E-state index contributed by atoms with van der Waals surface area (Å²) in [6, 6.07) is 0.339. The van der Waals surface area contributed by atoms with Gasteiger partial charge < -0.3 is 5.32 Å². The van der Waals surface area contributed by atoms with Gasteiger partial charge in [-0.05, 0) is 24.3 Å². The Bertz CT molecular complexity index is 588. The first-order chi connectivity index (χ1) is 9.43. The Kier molecular flexibility index (Phi) is 5.01. The highest BCUT2D eigenvalue weighted by Gasteiger charge is 2.29. The number of nitrogens with zero attached hydrogens (tertiary/aromatic N) is 1. The van der Waals surface area contributed by atoms with Gasteiger partial charge in [-0.1, -0.05) is 26.0 Å². The lowest BCUT2D eigenvalue weighted by molar-refractivity contribution is 0.436. The second kappa shape index (κ2) is 6.39. The molecule has 0 aromatic carbocycles. The molecule has 1 aromatic heterocycles. The summed E-state index contributed by atoms with van der Waals surface area (Å²) >= 11 is 1.52. The normalized spacial score (nSPS) is 17.0. The first kappa shape index (κ1) is 15.7. The van der Waals surface area contributed by atoms with E-state index in [2.05, 4.69) is 19.2 Å². The van der Waals surface area contributed by atoms with Gasteiger partial charge in [0.15, 0.2) is 0 Å². The van der Waals surface area contributed by atoms with Crippen LogP contribution in [0.3, 0.4) is 0 Å². The van der Waals surface area contributed by atoms with Crippen molar-refractivity contribution in [2.24, 2.45) is 0 Å². The molecule has 1 aliphatic rings. The molecule has 0 unspecified atom stereocenters. The third kappa shape index (κ3) is 3.31. The molecule has 0 saturated carbocycles. The second-order valence-electron chi connectivity index (χ2n) is 5.33. The number of nitrogens with one attached hydrogen (secondary N) is 1. The molecule has 0 spiro atoms. The van der Waals surface area contributed by atoms with Gasteiger partial charge in [0.25, 0.3) is 0 Å². The van der Waals surface area contributed by atoms with Crippen molar-refractivity contribution in [1.82, 2.24) is 9.62 Å². The van der Waals surface area contributed by atoms with E-state index in [0.717, 1.165) is 16.9 Å². The third-order valence-corrected chi connectivity index (χ3v) is 6.61. The summed E-state index contributed by atoms with van der Waals surface area (Å²) in [5.41, 5.74) is 0.852. The van der Waals surface area contributed by atoms with Gasteiger partial charge in [0.05, 0.1) is 0 Å². The Balaban J connectivity index is 2.30. The van der Waals surface area contributed by atoms with Crippen LogP contribution in [-0.2, 0) is 16.6 Å². The van der Waals surface area contributed by atoms with E-state index in [1.54, 1.807) is 4.31 Å². The summed E-state index contributed by atoms with van der Waals surface area (Å²) in [5, 5.41) is 5.24. The molecule has 2 rings (SSSR count). The molecule has 20 heavy (non-hydrogen) atoms. The molecule has 0 amide bonds. The zero-order chi connectivity index (χ0) is 14.8. The lowest BCUT2D eigenvalue weighted by Crippen LogP contribution is -2.34. The van der Waals surface area contributed by atoms with Gasteiger partial charge in [-0.25, -0.2) is 8.42 Å². The maximum atomic E-state index is 12.8. The first-order valence-electron chi connectivity index (χ1n) is 6.88. The Hall–Kier alpha value is -0.690. The van der Waals surface area contributed by atoms with Gasteiger partial charge in [-0.15, -0.1) is 11.3 Å². The Morgan fingerprint density at radius 1 is 1.40 bits per heavy atom. The van der Waals surface area contributed by atoms with Crippen molar-refractivity contribution in [1.29, 1.82) is 0 Å². The highest BCUT2D eigenvalue weighted by atomic mass is 32.2. The van der Waals surface area contributed by atoms with Gasteiger partial charge in [-0.3, -0.25) is 0 Å². The van der Waals surface area contributed by atoms with Crippen LogP contribution in [0.2, 0.25) is 0 Å². The van der Waals surface area contributed by atoms with Crippen LogP contribution < -0.4 is 5.32 Å². The van der Waals surface area contributed by atoms with E-state index in [-0.39, 0.29) is 0 Å². The first-order valence-corrected chi connectivity index (χ1v) is 9.20. The summed E-state index contributed by atoms with van der Waals surface area (Å²) in [6.07, 6.45) is 4.75. The smallest absolute Gasteiger partial charge is 0.244 e. The van der Waals surface area contributed by atoms with Crippen molar-refractivity contribution >= 4 is 21.4 Å². The molecule has 1 aromatic rings. The summed E-state index contributed by atoms with van der Waals surface area (Å²) < 4.78 is 27.2. The van der Waals surface area contributed by atoms with E-state index in [1.807, 2.05) is 24.5 Å². The molecule has 4 nitrogen and oxygen atoms in total. The van der Waals surface area contributed by atoms with E-state index in [0.29, 0.717) is 30.6 Å². The molecule has 0 fully saturated rings. The van der Waals surface area contributed by atoms with Gasteiger partial charge in [0.1, 0.15) is 4.90 Å². The highest BCUT2D eigenvalue weighted by molar-refractivity contribution is 7.89. The number of rotatable bonds is 5. The van der Waals surface area contributed by atoms with E-state index >= 15 is 0 Å². The number of hydrogen-bond acceptors (Lipinski definition) is 4. The number of hydrogen-bond donors (Lipinski definition) is 1.